The fourth-order valence-corrected chi connectivity index (χ4v) is 2.66. The zero-order valence-corrected chi connectivity index (χ0v) is 11.2. The van der Waals surface area contributed by atoms with E-state index in [-0.39, 0.29) is 12.6 Å². The Morgan fingerprint density at radius 2 is 1.84 bits per heavy atom. The number of piperazine rings is 1. The molecule has 1 aromatic rings. The van der Waals surface area contributed by atoms with E-state index in [1.54, 1.807) is 0 Å². The van der Waals surface area contributed by atoms with Gasteiger partial charge in [-0.05, 0) is 5.56 Å². The van der Waals surface area contributed by atoms with Crippen LogP contribution in [0.1, 0.15) is 18.0 Å². The third kappa shape index (κ3) is 3.77. The summed E-state index contributed by atoms with van der Waals surface area (Å²) in [5.74, 6) is 0. The van der Waals surface area contributed by atoms with E-state index < -0.39 is 0 Å². The number of hydrogen-bond donors (Lipinski definition) is 1. The van der Waals surface area contributed by atoms with Crippen LogP contribution in [-0.4, -0.2) is 54.2 Å². The summed E-state index contributed by atoms with van der Waals surface area (Å²) in [5, 5.41) is 18.0. The lowest BCUT2D eigenvalue weighted by atomic mass is 10.0. The average Bonchev–Trinajstić information content (AvgIpc) is 2.47. The number of nitriles is 1. The molecule has 1 fully saturated rings. The number of benzene rings is 1. The highest BCUT2D eigenvalue weighted by molar-refractivity contribution is 5.20. The maximum atomic E-state index is 9.04. The van der Waals surface area contributed by atoms with Crippen LogP contribution in [0, 0.1) is 11.3 Å². The Morgan fingerprint density at radius 3 is 2.42 bits per heavy atom. The summed E-state index contributed by atoms with van der Waals surface area (Å²) in [6.07, 6.45) is 0.532. The number of nitrogens with zero attached hydrogens (tertiary/aromatic N) is 3. The fourth-order valence-electron chi connectivity index (χ4n) is 2.66. The third-order valence-corrected chi connectivity index (χ3v) is 3.73. The van der Waals surface area contributed by atoms with Gasteiger partial charge in [0.1, 0.15) is 0 Å². The molecule has 1 unspecified atom stereocenters. The molecule has 0 spiro atoms. The number of β-amino-alcohol motifs (C(OH)–C–C–N with tert-alkyl or cyclic N) is 1. The zero-order chi connectivity index (χ0) is 13.5. The van der Waals surface area contributed by atoms with Gasteiger partial charge in [0.15, 0.2) is 0 Å². The van der Waals surface area contributed by atoms with Crippen LogP contribution in [0.15, 0.2) is 30.3 Å². The van der Waals surface area contributed by atoms with Crippen LogP contribution in [0.3, 0.4) is 0 Å². The molecule has 2 rings (SSSR count). The lowest BCUT2D eigenvalue weighted by Gasteiger charge is -2.38. The van der Waals surface area contributed by atoms with Gasteiger partial charge in [0.25, 0.3) is 0 Å². The molecule has 1 heterocycles. The molecule has 0 saturated carbocycles. The van der Waals surface area contributed by atoms with Crippen molar-refractivity contribution in [1.29, 1.82) is 5.26 Å². The van der Waals surface area contributed by atoms with E-state index in [0.717, 1.165) is 32.7 Å². The summed E-state index contributed by atoms with van der Waals surface area (Å²) in [7, 11) is 0. The van der Waals surface area contributed by atoms with Crippen LogP contribution in [0.25, 0.3) is 0 Å². The second-order valence-electron chi connectivity index (χ2n) is 4.89. The fraction of sp³-hybridized carbons (Fsp3) is 0.533. The maximum Gasteiger partial charge on any atom is 0.0641 e. The van der Waals surface area contributed by atoms with E-state index in [9.17, 15) is 0 Å². The predicted molar refractivity (Wildman–Crippen MR) is 74.5 cm³/mol. The summed E-state index contributed by atoms with van der Waals surface area (Å²) in [6, 6.07) is 12.8. The van der Waals surface area contributed by atoms with Gasteiger partial charge < -0.3 is 5.11 Å². The van der Waals surface area contributed by atoms with Gasteiger partial charge in [-0.2, -0.15) is 5.26 Å². The molecule has 19 heavy (non-hydrogen) atoms. The van der Waals surface area contributed by atoms with Crippen molar-refractivity contribution in [1.82, 2.24) is 9.80 Å². The molecule has 0 aromatic heterocycles. The minimum absolute atomic E-state index is 0.197. The van der Waals surface area contributed by atoms with Crippen molar-refractivity contribution >= 4 is 0 Å². The Kier molecular flexibility index (Phi) is 5.34. The molecule has 1 atom stereocenters. The first-order valence-corrected chi connectivity index (χ1v) is 6.84. The monoisotopic (exact) mass is 259 g/mol. The van der Waals surface area contributed by atoms with Crippen molar-refractivity contribution in [3.63, 3.8) is 0 Å². The van der Waals surface area contributed by atoms with Crippen molar-refractivity contribution in [3.05, 3.63) is 35.9 Å². The van der Waals surface area contributed by atoms with Gasteiger partial charge in [-0.15, -0.1) is 0 Å². The van der Waals surface area contributed by atoms with E-state index in [1.807, 2.05) is 18.2 Å². The molecule has 102 valence electrons. The van der Waals surface area contributed by atoms with E-state index >= 15 is 0 Å². The van der Waals surface area contributed by atoms with Gasteiger partial charge in [-0.1, -0.05) is 30.3 Å². The topological polar surface area (TPSA) is 50.5 Å². The van der Waals surface area contributed by atoms with Crippen molar-refractivity contribution in [3.8, 4) is 6.07 Å². The first-order valence-electron chi connectivity index (χ1n) is 6.84. The smallest absolute Gasteiger partial charge is 0.0641 e. The van der Waals surface area contributed by atoms with Crippen LogP contribution in [0.4, 0.5) is 0 Å². The molecule has 4 heteroatoms. The van der Waals surface area contributed by atoms with Crippen molar-refractivity contribution in [2.24, 2.45) is 0 Å². The largest absolute Gasteiger partial charge is 0.395 e. The number of aliphatic hydroxyl groups is 1. The molecule has 0 amide bonds. The Labute approximate surface area is 114 Å². The zero-order valence-electron chi connectivity index (χ0n) is 11.2. The van der Waals surface area contributed by atoms with Gasteiger partial charge in [0.05, 0.1) is 19.1 Å². The van der Waals surface area contributed by atoms with Crippen LogP contribution in [0.2, 0.25) is 0 Å². The summed E-state index contributed by atoms with van der Waals surface area (Å²) in [5.41, 5.74) is 1.22. The number of hydrogen-bond acceptors (Lipinski definition) is 4. The highest BCUT2D eigenvalue weighted by Crippen LogP contribution is 2.24. The Balaban J connectivity index is 2.00. The second-order valence-corrected chi connectivity index (χ2v) is 4.89. The molecule has 0 radical (unpaired) electrons. The Morgan fingerprint density at radius 1 is 1.16 bits per heavy atom. The SMILES string of the molecule is N#CCC(c1ccccc1)N1CCN(CCO)CC1. The third-order valence-electron chi connectivity index (χ3n) is 3.73. The molecule has 1 N–H and O–H groups in total. The van der Waals surface area contributed by atoms with Crippen LogP contribution >= 0.6 is 0 Å². The Hall–Kier alpha value is -1.41. The van der Waals surface area contributed by atoms with E-state index in [4.69, 9.17) is 10.4 Å². The summed E-state index contributed by atoms with van der Waals surface area (Å²) in [6.45, 7) is 4.83. The van der Waals surface area contributed by atoms with Gasteiger partial charge in [-0.3, -0.25) is 9.80 Å². The lowest BCUT2D eigenvalue weighted by molar-refractivity contribution is 0.0845. The van der Waals surface area contributed by atoms with Gasteiger partial charge in [-0.25, -0.2) is 0 Å². The second kappa shape index (κ2) is 7.25. The van der Waals surface area contributed by atoms with E-state index in [0.29, 0.717) is 6.42 Å². The quantitative estimate of drug-likeness (QED) is 0.864. The van der Waals surface area contributed by atoms with Gasteiger partial charge in [0, 0.05) is 38.8 Å². The number of rotatable bonds is 5. The molecule has 0 bridgehead atoms. The molecular weight excluding hydrogens is 238 g/mol. The molecular formula is C15H21N3O. The van der Waals surface area contributed by atoms with Crippen molar-refractivity contribution < 1.29 is 5.11 Å². The van der Waals surface area contributed by atoms with Crippen LogP contribution in [-0.2, 0) is 0 Å². The summed E-state index contributed by atoms with van der Waals surface area (Å²) in [4.78, 5) is 4.65. The predicted octanol–water partition coefficient (Wildman–Crippen LogP) is 1.25. The lowest BCUT2D eigenvalue weighted by Crippen LogP contribution is -2.48. The van der Waals surface area contributed by atoms with Gasteiger partial charge in [0.2, 0.25) is 0 Å². The first kappa shape index (κ1) is 14.0. The highest BCUT2D eigenvalue weighted by atomic mass is 16.3. The standard InChI is InChI=1S/C15H21N3O/c16-7-6-15(14-4-2-1-3-5-14)18-10-8-17(9-11-18)12-13-19/h1-5,15,19H,6,8-13H2. The maximum absolute atomic E-state index is 9.04. The first-order chi connectivity index (χ1) is 9.35. The molecule has 1 aliphatic heterocycles. The molecule has 1 aliphatic rings. The summed E-state index contributed by atoms with van der Waals surface area (Å²) >= 11 is 0. The van der Waals surface area contributed by atoms with Crippen molar-refractivity contribution in [2.75, 3.05) is 39.3 Å². The molecule has 0 aliphatic carbocycles. The van der Waals surface area contributed by atoms with Crippen LogP contribution in [0.5, 0.6) is 0 Å². The minimum Gasteiger partial charge on any atom is -0.395 e. The van der Waals surface area contributed by atoms with Gasteiger partial charge >= 0.3 is 0 Å². The minimum atomic E-state index is 0.197. The normalized spacial score (nSPS) is 18.9. The molecule has 1 saturated heterocycles. The van der Waals surface area contributed by atoms with Crippen molar-refractivity contribution in [2.45, 2.75) is 12.5 Å². The molecule has 4 nitrogen and oxygen atoms in total. The summed E-state index contributed by atoms with van der Waals surface area (Å²) < 4.78 is 0. The number of aliphatic hydroxyl groups excluding tert-OH is 1. The highest BCUT2D eigenvalue weighted by Gasteiger charge is 2.24. The van der Waals surface area contributed by atoms with Crippen LogP contribution < -0.4 is 0 Å². The Bertz CT molecular complexity index is 407. The van der Waals surface area contributed by atoms with E-state index in [2.05, 4.69) is 28.0 Å². The molecule has 1 aromatic carbocycles. The average molecular weight is 259 g/mol. The van der Waals surface area contributed by atoms with E-state index in [1.165, 1.54) is 5.56 Å².